The van der Waals surface area contributed by atoms with Crippen molar-refractivity contribution in [3.05, 3.63) is 35.6 Å². The van der Waals surface area contributed by atoms with E-state index in [0.717, 1.165) is 0 Å². The van der Waals surface area contributed by atoms with E-state index in [1.54, 1.807) is 6.07 Å². The number of nitrogens with one attached hydrogen (secondary N) is 1. The first-order chi connectivity index (χ1) is 9.32. The zero-order valence-electron chi connectivity index (χ0n) is 10.9. The lowest BCUT2D eigenvalue weighted by molar-refractivity contribution is -0.142. The average Bonchev–Trinajstić information content (AvgIpc) is 2.38. The Kier molecular flexibility index (Phi) is 5.60. The van der Waals surface area contributed by atoms with E-state index in [-0.39, 0.29) is 12.0 Å². The minimum atomic E-state index is -1.32. The second kappa shape index (κ2) is 6.97. The highest BCUT2D eigenvalue weighted by Crippen LogP contribution is 2.09. The van der Waals surface area contributed by atoms with Crippen LogP contribution in [0, 0.1) is 5.82 Å². The Hall–Kier alpha value is -1.99. The Bertz CT molecular complexity index is 493. The van der Waals surface area contributed by atoms with Gasteiger partial charge in [0.05, 0.1) is 6.10 Å². The number of carbonyl (C=O) groups excluding carboxylic acids is 1. The third-order valence-corrected chi connectivity index (χ3v) is 2.82. The Labute approximate surface area is 115 Å². The molecule has 1 aromatic rings. The van der Waals surface area contributed by atoms with E-state index >= 15 is 0 Å². The number of carbonyl (C=O) groups is 2. The number of hydrogen-bond acceptors (Lipinski definition) is 4. The van der Waals surface area contributed by atoms with Gasteiger partial charge in [-0.05, 0) is 18.6 Å². The van der Waals surface area contributed by atoms with Crippen molar-refractivity contribution in [3.63, 3.8) is 0 Å². The van der Waals surface area contributed by atoms with Crippen molar-refractivity contribution in [1.82, 2.24) is 5.32 Å². The normalized spacial score (nSPS) is 15.2. The van der Waals surface area contributed by atoms with Crippen LogP contribution in [0.15, 0.2) is 24.3 Å². The number of benzene rings is 1. The maximum Gasteiger partial charge on any atom is 0.326 e. The van der Waals surface area contributed by atoms with Crippen molar-refractivity contribution in [2.75, 3.05) is 0 Å². The summed E-state index contributed by atoms with van der Waals surface area (Å²) in [6.07, 6.45) is -1.32. The van der Waals surface area contributed by atoms with Gasteiger partial charge in [0.1, 0.15) is 17.9 Å². The van der Waals surface area contributed by atoms with Crippen LogP contribution in [0.25, 0.3) is 0 Å². The second-order valence-corrected chi connectivity index (χ2v) is 4.46. The molecule has 0 saturated carbocycles. The summed E-state index contributed by atoms with van der Waals surface area (Å²) in [4.78, 5) is 22.7. The Balaban J connectivity index is 2.79. The molecule has 6 nitrogen and oxygen atoms in total. The van der Waals surface area contributed by atoms with E-state index in [0.29, 0.717) is 0 Å². The largest absolute Gasteiger partial charge is 0.480 e. The zero-order chi connectivity index (χ0) is 15.3. The number of rotatable bonds is 6. The van der Waals surface area contributed by atoms with Crippen LogP contribution >= 0.6 is 0 Å². The number of carboxylic acids is 1. The van der Waals surface area contributed by atoms with Crippen molar-refractivity contribution in [2.24, 2.45) is 5.73 Å². The van der Waals surface area contributed by atoms with E-state index < -0.39 is 35.9 Å². The molecule has 0 aliphatic rings. The van der Waals surface area contributed by atoms with Gasteiger partial charge in [-0.3, -0.25) is 4.79 Å². The lowest BCUT2D eigenvalue weighted by Crippen LogP contribution is -2.52. The van der Waals surface area contributed by atoms with Gasteiger partial charge >= 0.3 is 5.97 Å². The molecule has 0 saturated heterocycles. The first-order valence-corrected chi connectivity index (χ1v) is 6.03. The Morgan fingerprint density at radius 2 is 2.00 bits per heavy atom. The van der Waals surface area contributed by atoms with Crippen molar-refractivity contribution in [1.29, 1.82) is 0 Å². The summed E-state index contributed by atoms with van der Waals surface area (Å²) in [5.74, 6) is -2.66. The van der Waals surface area contributed by atoms with Gasteiger partial charge in [-0.2, -0.15) is 0 Å². The molecule has 0 aromatic heterocycles. The van der Waals surface area contributed by atoms with Crippen molar-refractivity contribution in [3.8, 4) is 0 Å². The summed E-state index contributed by atoms with van der Waals surface area (Å²) in [6, 6.07) is 3.14. The lowest BCUT2D eigenvalue weighted by Gasteiger charge is -2.19. The molecule has 20 heavy (non-hydrogen) atoms. The molecule has 0 radical (unpaired) electrons. The van der Waals surface area contributed by atoms with E-state index in [9.17, 15) is 19.1 Å². The number of aliphatic hydroxyl groups excluding tert-OH is 1. The third-order valence-electron chi connectivity index (χ3n) is 2.82. The van der Waals surface area contributed by atoms with Crippen LogP contribution < -0.4 is 11.1 Å². The van der Waals surface area contributed by atoms with Crippen LogP contribution in [0.2, 0.25) is 0 Å². The van der Waals surface area contributed by atoms with Crippen LogP contribution in [0.3, 0.4) is 0 Å². The van der Waals surface area contributed by atoms with Gasteiger partial charge < -0.3 is 21.3 Å². The fourth-order valence-electron chi connectivity index (χ4n) is 1.57. The Morgan fingerprint density at radius 1 is 1.40 bits per heavy atom. The highest BCUT2D eigenvalue weighted by atomic mass is 19.1. The molecule has 0 spiro atoms. The minimum absolute atomic E-state index is 0.172. The topological polar surface area (TPSA) is 113 Å². The first-order valence-electron chi connectivity index (χ1n) is 6.03. The van der Waals surface area contributed by atoms with Crippen LogP contribution in [-0.2, 0) is 16.0 Å². The smallest absolute Gasteiger partial charge is 0.326 e. The molecule has 0 fully saturated rings. The molecular weight excluding hydrogens is 267 g/mol. The lowest BCUT2D eigenvalue weighted by atomic mass is 10.0. The Morgan fingerprint density at radius 3 is 2.50 bits per heavy atom. The average molecular weight is 284 g/mol. The second-order valence-electron chi connectivity index (χ2n) is 4.46. The molecule has 0 bridgehead atoms. The van der Waals surface area contributed by atoms with Crippen LogP contribution in [0.1, 0.15) is 12.5 Å². The number of amides is 1. The van der Waals surface area contributed by atoms with Gasteiger partial charge in [0.25, 0.3) is 0 Å². The molecular formula is C13H17FN2O4. The standard InChI is InChI=1S/C13H17FN2O4/c1-7(17)11(15)12(18)16-10(13(19)20)6-8-4-2-3-5-9(8)14/h2-5,7,10-11,17H,6,15H2,1H3,(H,16,18)(H,19,20)/t7-,10?,11+/m0/s1. The fourth-order valence-corrected chi connectivity index (χ4v) is 1.57. The molecule has 0 aliphatic heterocycles. The van der Waals surface area contributed by atoms with E-state index in [1.807, 2.05) is 0 Å². The summed E-state index contributed by atoms with van der Waals surface area (Å²) in [5, 5.41) is 20.4. The monoisotopic (exact) mass is 284 g/mol. The molecule has 0 heterocycles. The molecule has 1 aromatic carbocycles. The molecule has 1 rings (SSSR count). The predicted molar refractivity (Wildman–Crippen MR) is 69.3 cm³/mol. The molecule has 5 N–H and O–H groups in total. The zero-order valence-corrected chi connectivity index (χ0v) is 10.9. The number of nitrogens with two attached hydrogens (primary N) is 1. The summed E-state index contributed by atoms with van der Waals surface area (Å²) in [5.41, 5.74) is 5.57. The van der Waals surface area contributed by atoms with Gasteiger partial charge in [-0.25, -0.2) is 9.18 Å². The fraction of sp³-hybridized carbons (Fsp3) is 0.385. The van der Waals surface area contributed by atoms with E-state index in [2.05, 4.69) is 5.32 Å². The van der Waals surface area contributed by atoms with Crippen LogP contribution in [0.4, 0.5) is 4.39 Å². The highest BCUT2D eigenvalue weighted by Gasteiger charge is 2.26. The third kappa shape index (κ3) is 4.29. The summed E-state index contributed by atoms with van der Waals surface area (Å²) >= 11 is 0. The minimum Gasteiger partial charge on any atom is -0.480 e. The molecule has 1 amide bonds. The summed E-state index contributed by atoms with van der Waals surface area (Å²) in [6.45, 7) is 1.32. The molecule has 0 aliphatic carbocycles. The SMILES string of the molecule is C[C@H](O)[C@@H](N)C(=O)NC(Cc1ccccc1F)C(=O)O. The number of halogens is 1. The van der Waals surface area contributed by atoms with Gasteiger partial charge in [-0.15, -0.1) is 0 Å². The summed E-state index contributed by atoms with van der Waals surface area (Å²) in [7, 11) is 0. The number of aliphatic carboxylic acids is 1. The summed E-state index contributed by atoms with van der Waals surface area (Å²) < 4.78 is 13.5. The molecule has 7 heteroatoms. The molecule has 3 atom stereocenters. The van der Waals surface area contributed by atoms with E-state index in [1.165, 1.54) is 25.1 Å². The molecule has 1 unspecified atom stereocenters. The maximum absolute atomic E-state index is 13.5. The van der Waals surface area contributed by atoms with Gasteiger partial charge in [-0.1, -0.05) is 18.2 Å². The van der Waals surface area contributed by atoms with Gasteiger partial charge in [0.15, 0.2) is 0 Å². The van der Waals surface area contributed by atoms with Crippen molar-refractivity contribution < 1.29 is 24.2 Å². The van der Waals surface area contributed by atoms with E-state index in [4.69, 9.17) is 10.8 Å². The number of hydrogen-bond donors (Lipinski definition) is 4. The van der Waals surface area contributed by atoms with Gasteiger partial charge in [0, 0.05) is 6.42 Å². The van der Waals surface area contributed by atoms with Gasteiger partial charge in [0.2, 0.25) is 5.91 Å². The quantitative estimate of drug-likeness (QED) is 0.570. The van der Waals surface area contributed by atoms with Crippen molar-refractivity contribution in [2.45, 2.75) is 31.5 Å². The van der Waals surface area contributed by atoms with Crippen LogP contribution in [-0.4, -0.2) is 40.3 Å². The molecule has 110 valence electrons. The predicted octanol–water partition coefficient (Wildman–Crippen LogP) is -0.354. The number of aliphatic hydroxyl groups is 1. The van der Waals surface area contributed by atoms with Crippen LogP contribution in [0.5, 0.6) is 0 Å². The maximum atomic E-state index is 13.5. The highest BCUT2D eigenvalue weighted by molar-refractivity contribution is 5.87. The first kappa shape index (κ1) is 16.1. The van der Waals surface area contributed by atoms with Crippen molar-refractivity contribution >= 4 is 11.9 Å². The number of carboxylic acid groups (broad SMARTS) is 1.